The molecule has 0 spiro atoms. The number of carbonyl (C=O) groups is 1. The molecule has 5 rings (SSSR count). The summed E-state index contributed by atoms with van der Waals surface area (Å²) in [6.07, 6.45) is 5.51. The van der Waals surface area contributed by atoms with Crippen LogP contribution in [0.1, 0.15) is 29.8 Å². The van der Waals surface area contributed by atoms with Crippen LogP contribution in [0.2, 0.25) is 0 Å². The Morgan fingerprint density at radius 1 is 1.00 bits per heavy atom. The number of amides is 1. The smallest absolute Gasteiger partial charge is 0.274 e. The normalized spacial score (nSPS) is 14.5. The van der Waals surface area contributed by atoms with Crippen molar-refractivity contribution in [1.82, 2.24) is 9.97 Å². The average molecular weight is 388 g/mol. The highest BCUT2D eigenvalue weighted by molar-refractivity contribution is 7.22. The van der Waals surface area contributed by atoms with Crippen LogP contribution in [0.3, 0.4) is 0 Å². The van der Waals surface area contributed by atoms with Crippen LogP contribution in [0.5, 0.6) is 0 Å². The van der Waals surface area contributed by atoms with Gasteiger partial charge >= 0.3 is 0 Å². The van der Waals surface area contributed by atoms with Crippen molar-refractivity contribution < 1.29 is 4.79 Å². The molecule has 5 nitrogen and oxygen atoms in total. The molecule has 6 heteroatoms. The maximum atomic E-state index is 12.7. The number of benzene rings is 2. The Labute approximate surface area is 167 Å². The number of anilines is 2. The van der Waals surface area contributed by atoms with Crippen LogP contribution in [0.15, 0.2) is 54.7 Å². The Morgan fingerprint density at radius 3 is 2.68 bits per heavy atom. The third-order valence-electron chi connectivity index (χ3n) is 5.13. The molecule has 0 aliphatic carbocycles. The molecule has 0 bridgehead atoms. The minimum absolute atomic E-state index is 0.203. The van der Waals surface area contributed by atoms with Crippen LogP contribution < -0.4 is 10.2 Å². The lowest BCUT2D eigenvalue weighted by molar-refractivity contribution is 0.102. The number of nitrogens with zero attached hydrogens (tertiary/aromatic N) is 3. The molecule has 0 saturated carbocycles. The van der Waals surface area contributed by atoms with Crippen LogP contribution in [0.25, 0.3) is 21.0 Å². The van der Waals surface area contributed by atoms with Crippen molar-refractivity contribution in [2.45, 2.75) is 19.3 Å². The second-order valence-electron chi connectivity index (χ2n) is 7.10. The molecule has 140 valence electrons. The van der Waals surface area contributed by atoms with Gasteiger partial charge in [-0.1, -0.05) is 35.6 Å². The summed E-state index contributed by atoms with van der Waals surface area (Å²) in [4.78, 5) is 24.1. The monoisotopic (exact) mass is 388 g/mol. The molecule has 1 aliphatic rings. The van der Waals surface area contributed by atoms with Gasteiger partial charge in [-0.05, 0) is 48.9 Å². The molecular weight excluding hydrogens is 368 g/mol. The highest BCUT2D eigenvalue weighted by Crippen LogP contribution is 2.32. The van der Waals surface area contributed by atoms with Crippen LogP contribution in [-0.4, -0.2) is 29.0 Å². The quantitative estimate of drug-likeness (QED) is 0.531. The minimum atomic E-state index is -0.203. The van der Waals surface area contributed by atoms with Crippen molar-refractivity contribution in [3.05, 3.63) is 60.4 Å². The number of hydrogen-bond acceptors (Lipinski definition) is 5. The van der Waals surface area contributed by atoms with Gasteiger partial charge in [0, 0.05) is 30.4 Å². The molecule has 1 saturated heterocycles. The predicted octanol–water partition coefficient (Wildman–Crippen LogP) is 5.09. The van der Waals surface area contributed by atoms with Gasteiger partial charge in [-0.2, -0.15) is 0 Å². The second-order valence-corrected chi connectivity index (χ2v) is 8.11. The Hall–Kier alpha value is -2.99. The number of thiazole rings is 1. The molecule has 28 heavy (non-hydrogen) atoms. The first kappa shape index (κ1) is 17.1. The third-order valence-corrected chi connectivity index (χ3v) is 6.20. The Bertz CT molecular complexity index is 1160. The molecule has 2 aromatic carbocycles. The van der Waals surface area contributed by atoms with Crippen LogP contribution >= 0.6 is 11.3 Å². The van der Waals surface area contributed by atoms with Crippen molar-refractivity contribution >= 4 is 49.1 Å². The van der Waals surface area contributed by atoms with E-state index in [0.717, 1.165) is 44.9 Å². The van der Waals surface area contributed by atoms with Crippen molar-refractivity contribution in [2.75, 3.05) is 23.3 Å². The third kappa shape index (κ3) is 3.31. The highest BCUT2D eigenvalue weighted by Gasteiger charge is 2.16. The number of carbonyl (C=O) groups excluding carboxylic acids is 1. The van der Waals surface area contributed by atoms with E-state index in [0.29, 0.717) is 5.69 Å². The zero-order valence-electron chi connectivity index (χ0n) is 15.4. The number of piperidine rings is 1. The van der Waals surface area contributed by atoms with E-state index in [-0.39, 0.29) is 5.91 Å². The summed E-state index contributed by atoms with van der Waals surface area (Å²) in [5.74, 6) is -0.203. The van der Waals surface area contributed by atoms with Gasteiger partial charge in [0.25, 0.3) is 5.91 Å². The van der Waals surface area contributed by atoms with E-state index in [1.807, 2.05) is 48.5 Å². The molecule has 0 unspecified atom stereocenters. The maximum absolute atomic E-state index is 12.7. The minimum Gasteiger partial charge on any atom is -0.348 e. The van der Waals surface area contributed by atoms with Gasteiger partial charge in [-0.15, -0.1) is 0 Å². The summed E-state index contributed by atoms with van der Waals surface area (Å²) in [6, 6.07) is 15.6. The number of hydrogen-bond donors (Lipinski definition) is 1. The molecule has 2 aromatic heterocycles. The van der Waals surface area contributed by atoms with Gasteiger partial charge in [0.15, 0.2) is 5.13 Å². The zero-order valence-corrected chi connectivity index (χ0v) is 16.2. The van der Waals surface area contributed by atoms with E-state index in [4.69, 9.17) is 4.98 Å². The summed E-state index contributed by atoms with van der Waals surface area (Å²) in [5.41, 5.74) is 2.16. The first-order valence-corrected chi connectivity index (χ1v) is 10.4. The first-order chi connectivity index (χ1) is 13.8. The average Bonchev–Trinajstić information content (AvgIpc) is 3.17. The molecule has 3 heterocycles. The second kappa shape index (κ2) is 7.20. The first-order valence-electron chi connectivity index (χ1n) is 9.58. The van der Waals surface area contributed by atoms with Gasteiger partial charge in [0.2, 0.25) is 0 Å². The molecule has 1 fully saturated rings. The van der Waals surface area contributed by atoms with Gasteiger partial charge in [-0.25, -0.2) is 4.98 Å². The number of pyridine rings is 1. The van der Waals surface area contributed by atoms with Crippen molar-refractivity contribution in [2.24, 2.45) is 0 Å². The lowest BCUT2D eigenvalue weighted by atomic mass is 10.1. The molecule has 1 aliphatic heterocycles. The summed E-state index contributed by atoms with van der Waals surface area (Å²) in [6.45, 7) is 2.16. The Kier molecular flexibility index (Phi) is 4.41. The predicted molar refractivity (Wildman–Crippen MR) is 115 cm³/mol. The fourth-order valence-corrected chi connectivity index (χ4v) is 4.67. The molecule has 0 atom stereocenters. The van der Waals surface area contributed by atoms with Gasteiger partial charge in [-0.3, -0.25) is 9.78 Å². The van der Waals surface area contributed by atoms with Crippen molar-refractivity contribution in [3.63, 3.8) is 0 Å². The van der Waals surface area contributed by atoms with Gasteiger partial charge in [0.05, 0.1) is 10.2 Å². The lowest BCUT2D eigenvalue weighted by Crippen LogP contribution is -2.29. The van der Waals surface area contributed by atoms with Crippen LogP contribution in [-0.2, 0) is 0 Å². The number of nitrogens with one attached hydrogen (secondary N) is 1. The standard InChI is InChI=1S/C22H20N4OS/c27-21(19-12-15-6-2-3-7-16(15)14-23-19)24-17-8-9-18-20(13-17)28-22(25-18)26-10-4-1-5-11-26/h2-3,6-9,12-14H,1,4-5,10-11H2,(H,24,27). The van der Waals surface area contributed by atoms with E-state index in [9.17, 15) is 4.79 Å². The lowest BCUT2D eigenvalue weighted by Gasteiger charge is -2.25. The van der Waals surface area contributed by atoms with Crippen molar-refractivity contribution in [3.8, 4) is 0 Å². The Balaban J connectivity index is 1.38. The van der Waals surface area contributed by atoms with E-state index in [1.165, 1.54) is 19.3 Å². The zero-order chi connectivity index (χ0) is 18.9. The molecular formula is C22H20N4OS. The SMILES string of the molecule is O=C(Nc1ccc2nc(N3CCCCC3)sc2c1)c1cc2ccccc2cn1. The van der Waals surface area contributed by atoms with Gasteiger partial charge in [0.1, 0.15) is 5.69 Å². The largest absolute Gasteiger partial charge is 0.348 e. The van der Waals surface area contributed by atoms with E-state index < -0.39 is 0 Å². The number of rotatable bonds is 3. The summed E-state index contributed by atoms with van der Waals surface area (Å²) in [7, 11) is 0. The molecule has 4 aromatic rings. The summed E-state index contributed by atoms with van der Waals surface area (Å²) < 4.78 is 1.09. The van der Waals surface area contributed by atoms with E-state index in [2.05, 4.69) is 15.2 Å². The fraction of sp³-hybridized carbons (Fsp3) is 0.227. The van der Waals surface area contributed by atoms with Gasteiger partial charge < -0.3 is 10.2 Å². The molecule has 0 radical (unpaired) electrons. The summed E-state index contributed by atoms with van der Waals surface area (Å²) in [5, 5.41) is 6.08. The van der Waals surface area contributed by atoms with Crippen LogP contribution in [0, 0.1) is 0 Å². The van der Waals surface area contributed by atoms with E-state index in [1.54, 1.807) is 17.5 Å². The van der Waals surface area contributed by atoms with Crippen molar-refractivity contribution in [1.29, 1.82) is 0 Å². The molecule has 1 amide bonds. The van der Waals surface area contributed by atoms with Crippen LogP contribution in [0.4, 0.5) is 10.8 Å². The molecule has 1 N–H and O–H groups in total. The Morgan fingerprint density at radius 2 is 1.82 bits per heavy atom. The topological polar surface area (TPSA) is 58.1 Å². The summed E-state index contributed by atoms with van der Waals surface area (Å²) >= 11 is 1.69. The fourth-order valence-electron chi connectivity index (χ4n) is 3.61. The number of fused-ring (bicyclic) bond motifs is 2. The highest BCUT2D eigenvalue weighted by atomic mass is 32.1. The maximum Gasteiger partial charge on any atom is 0.274 e. The number of aromatic nitrogens is 2. The van der Waals surface area contributed by atoms with E-state index >= 15 is 0 Å².